The minimum atomic E-state index is -0.585. The first-order valence-electron chi connectivity index (χ1n) is 9.64. The summed E-state index contributed by atoms with van der Waals surface area (Å²) in [6.07, 6.45) is 1.98. The van der Waals surface area contributed by atoms with E-state index in [1.54, 1.807) is 12.1 Å². The van der Waals surface area contributed by atoms with E-state index in [0.29, 0.717) is 17.1 Å². The molecule has 6 nitrogen and oxygen atoms in total. The highest BCUT2D eigenvalue weighted by molar-refractivity contribution is 6.03. The number of hydrogen-bond donors (Lipinski definition) is 4. The molecule has 0 aliphatic heterocycles. The largest absolute Gasteiger partial charge is 0.351 e. The Labute approximate surface area is 174 Å². The molecule has 6 heteroatoms. The molecule has 1 atom stereocenters. The van der Waals surface area contributed by atoms with E-state index in [1.165, 1.54) is 0 Å². The number of nitrogens with zero attached hydrogens (tertiary/aromatic N) is 1. The molecule has 1 unspecified atom stereocenters. The smallest absolute Gasteiger partial charge is 0.323 e. The fraction of sp³-hybridized carbons (Fsp3) is 0.0833. The molecule has 0 aliphatic rings. The number of nitrogens with two attached hydrogens (primary N) is 1. The summed E-state index contributed by atoms with van der Waals surface area (Å²) in [6, 6.07) is 23.5. The average molecular weight is 397 g/mol. The zero-order valence-corrected chi connectivity index (χ0v) is 16.6. The average Bonchev–Trinajstić information content (AvgIpc) is 3.13. The van der Waals surface area contributed by atoms with Gasteiger partial charge in [-0.2, -0.15) is 0 Å². The van der Waals surface area contributed by atoms with Crippen LogP contribution in [0.3, 0.4) is 0 Å². The van der Waals surface area contributed by atoms with Gasteiger partial charge in [0.1, 0.15) is 0 Å². The third-order valence-corrected chi connectivity index (χ3v) is 5.04. The zero-order valence-electron chi connectivity index (χ0n) is 16.6. The molecule has 0 spiro atoms. The van der Waals surface area contributed by atoms with Crippen LogP contribution in [-0.2, 0) is 7.05 Å². The van der Waals surface area contributed by atoms with Gasteiger partial charge in [-0.05, 0) is 47.5 Å². The summed E-state index contributed by atoms with van der Waals surface area (Å²) in [6.45, 7) is 0. The Bertz CT molecular complexity index is 1210. The van der Waals surface area contributed by atoms with Crippen molar-refractivity contribution in [2.45, 2.75) is 6.04 Å². The Balaban J connectivity index is 1.45. The van der Waals surface area contributed by atoms with Crippen molar-refractivity contribution in [1.29, 1.82) is 5.41 Å². The third kappa shape index (κ3) is 4.09. The number of aryl methyl sites for hydroxylation is 1. The number of carbonyl (C=O) groups is 1. The van der Waals surface area contributed by atoms with E-state index in [4.69, 9.17) is 11.1 Å². The van der Waals surface area contributed by atoms with Crippen molar-refractivity contribution in [2.24, 2.45) is 12.8 Å². The number of amides is 2. The minimum absolute atomic E-state index is 0.327. The second-order valence-electron chi connectivity index (χ2n) is 7.16. The van der Waals surface area contributed by atoms with Gasteiger partial charge in [0.2, 0.25) is 0 Å². The number of nitrogens with one attached hydrogen (secondary N) is 3. The fourth-order valence-corrected chi connectivity index (χ4v) is 3.43. The highest BCUT2D eigenvalue weighted by Crippen LogP contribution is 2.22. The van der Waals surface area contributed by atoms with Gasteiger partial charge in [-0.15, -0.1) is 0 Å². The SMILES string of the molecule is Cn1ccc2cc(NC(=O)Nc3cccc(C(N)C(=N)c4ccccc4)c3)ccc21. The van der Waals surface area contributed by atoms with Crippen LogP contribution in [0, 0.1) is 5.41 Å². The molecule has 4 aromatic rings. The Morgan fingerprint density at radius 2 is 1.67 bits per heavy atom. The number of aromatic nitrogens is 1. The Morgan fingerprint density at radius 1 is 0.933 bits per heavy atom. The van der Waals surface area contributed by atoms with Crippen LogP contribution in [0.4, 0.5) is 16.2 Å². The molecule has 0 fully saturated rings. The standard InChI is InChI=1S/C24H23N5O/c1-29-13-12-17-14-20(10-11-21(17)29)28-24(30)27-19-9-5-8-18(15-19)23(26)22(25)16-6-3-2-4-7-16/h2-15,23,25H,26H2,1H3,(H2,27,28,30). The van der Waals surface area contributed by atoms with E-state index >= 15 is 0 Å². The molecule has 4 rings (SSSR count). The van der Waals surface area contributed by atoms with Crippen LogP contribution in [0.1, 0.15) is 17.2 Å². The van der Waals surface area contributed by atoms with Crippen LogP contribution in [0.2, 0.25) is 0 Å². The van der Waals surface area contributed by atoms with Crippen molar-refractivity contribution in [3.05, 3.63) is 96.2 Å². The van der Waals surface area contributed by atoms with Crippen molar-refractivity contribution in [3.63, 3.8) is 0 Å². The summed E-state index contributed by atoms with van der Waals surface area (Å²) >= 11 is 0. The van der Waals surface area contributed by atoms with Gasteiger partial charge in [-0.25, -0.2) is 4.79 Å². The van der Waals surface area contributed by atoms with Gasteiger partial charge in [-0.3, -0.25) is 0 Å². The van der Waals surface area contributed by atoms with Crippen molar-refractivity contribution >= 4 is 34.0 Å². The molecule has 150 valence electrons. The molecule has 0 aliphatic carbocycles. The van der Waals surface area contributed by atoms with Crippen molar-refractivity contribution in [1.82, 2.24) is 4.57 Å². The molecule has 1 heterocycles. The lowest BCUT2D eigenvalue weighted by molar-refractivity contribution is 0.262. The summed E-state index contributed by atoms with van der Waals surface area (Å²) in [4.78, 5) is 12.5. The van der Waals surface area contributed by atoms with Crippen LogP contribution in [0.15, 0.2) is 85.1 Å². The molecule has 0 saturated carbocycles. The molecular formula is C24H23N5O. The lowest BCUT2D eigenvalue weighted by Gasteiger charge is -2.15. The Morgan fingerprint density at radius 3 is 2.43 bits per heavy atom. The van der Waals surface area contributed by atoms with E-state index in [2.05, 4.69) is 10.6 Å². The minimum Gasteiger partial charge on any atom is -0.351 e. The topological polar surface area (TPSA) is 95.9 Å². The predicted octanol–water partition coefficient (Wildman–Crippen LogP) is 4.89. The molecule has 30 heavy (non-hydrogen) atoms. The van der Waals surface area contributed by atoms with E-state index in [-0.39, 0.29) is 6.03 Å². The molecule has 0 bridgehead atoms. The van der Waals surface area contributed by atoms with E-state index < -0.39 is 6.04 Å². The first-order chi connectivity index (χ1) is 14.5. The number of carbonyl (C=O) groups excluding carboxylic acids is 1. The normalized spacial score (nSPS) is 11.8. The quantitative estimate of drug-likeness (QED) is 0.361. The number of fused-ring (bicyclic) bond motifs is 1. The summed E-state index contributed by atoms with van der Waals surface area (Å²) in [5.41, 5.74) is 10.6. The molecule has 3 aromatic carbocycles. The highest BCUT2D eigenvalue weighted by atomic mass is 16.2. The van der Waals surface area contributed by atoms with Gasteiger partial charge in [0.05, 0.1) is 11.8 Å². The van der Waals surface area contributed by atoms with E-state index in [1.807, 2.05) is 84.5 Å². The number of hydrogen-bond acceptors (Lipinski definition) is 3. The third-order valence-electron chi connectivity index (χ3n) is 5.04. The first kappa shape index (κ1) is 19.4. The van der Waals surface area contributed by atoms with Crippen molar-refractivity contribution in [2.75, 3.05) is 10.6 Å². The lowest BCUT2D eigenvalue weighted by Crippen LogP contribution is -2.22. The Hall–Kier alpha value is -3.90. The van der Waals surface area contributed by atoms with Crippen LogP contribution >= 0.6 is 0 Å². The van der Waals surface area contributed by atoms with Gasteiger partial charge < -0.3 is 26.3 Å². The van der Waals surface area contributed by atoms with Crippen LogP contribution in [-0.4, -0.2) is 16.3 Å². The second kappa shape index (κ2) is 8.23. The van der Waals surface area contributed by atoms with Gasteiger partial charge in [-0.1, -0.05) is 42.5 Å². The molecule has 2 amide bonds. The van der Waals surface area contributed by atoms with Crippen LogP contribution in [0.5, 0.6) is 0 Å². The zero-order chi connectivity index (χ0) is 21.1. The van der Waals surface area contributed by atoms with E-state index in [0.717, 1.165) is 22.0 Å². The summed E-state index contributed by atoms with van der Waals surface area (Å²) in [7, 11) is 1.98. The summed E-state index contributed by atoms with van der Waals surface area (Å²) in [5, 5.41) is 15.1. The maximum absolute atomic E-state index is 12.5. The maximum Gasteiger partial charge on any atom is 0.323 e. The molecule has 1 aromatic heterocycles. The molecule has 5 N–H and O–H groups in total. The number of anilines is 2. The summed E-state index contributed by atoms with van der Waals surface area (Å²) < 4.78 is 2.03. The van der Waals surface area contributed by atoms with Crippen LogP contribution < -0.4 is 16.4 Å². The van der Waals surface area contributed by atoms with E-state index in [9.17, 15) is 4.79 Å². The number of urea groups is 1. The summed E-state index contributed by atoms with van der Waals surface area (Å²) in [5.74, 6) is 0. The number of benzene rings is 3. The molecular weight excluding hydrogens is 374 g/mol. The maximum atomic E-state index is 12.5. The van der Waals surface area contributed by atoms with Crippen LogP contribution in [0.25, 0.3) is 10.9 Å². The van der Waals surface area contributed by atoms with Crippen molar-refractivity contribution in [3.8, 4) is 0 Å². The highest BCUT2D eigenvalue weighted by Gasteiger charge is 2.14. The predicted molar refractivity (Wildman–Crippen MR) is 122 cm³/mol. The first-order valence-corrected chi connectivity index (χ1v) is 9.64. The second-order valence-corrected chi connectivity index (χ2v) is 7.16. The van der Waals surface area contributed by atoms with Gasteiger partial charge >= 0.3 is 6.03 Å². The van der Waals surface area contributed by atoms with Crippen molar-refractivity contribution < 1.29 is 4.79 Å². The monoisotopic (exact) mass is 397 g/mol. The van der Waals surface area contributed by atoms with Gasteiger partial charge in [0, 0.05) is 35.5 Å². The Kier molecular flexibility index (Phi) is 5.32. The van der Waals surface area contributed by atoms with Gasteiger partial charge in [0.25, 0.3) is 0 Å². The lowest BCUT2D eigenvalue weighted by atomic mass is 9.97. The number of rotatable bonds is 5. The molecule has 0 saturated heterocycles. The fourth-order valence-electron chi connectivity index (χ4n) is 3.43. The van der Waals surface area contributed by atoms with Gasteiger partial charge in [0.15, 0.2) is 0 Å². The molecule has 0 radical (unpaired) electrons.